The van der Waals surface area contributed by atoms with Crippen LogP contribution in [0.3, 0.4) is 0 Å². The van der Waals surface area contributed by atoms with Crippen molar-refractivity contribution < 1.29 is 18.7 Å². The number of fused-ring (bicyclic) bond motifs is 1. The van der Waals surface area contributed by atoms with Crippen LogP contribution in [0.5, 0.6) is 0 Å². The Balaban J connectivity index is 1.58. The lowest BCUT2D eigenvalue weighted by molar-refractivity contribution is -0.125. The first-order valence-electron chi connectivity index (χ1n) is 8.52. The van der Waals surface area contributed by atoms with E-state index in [2.05, 4.69) is 12.2 Å². The van der Waals surface area contributed by atoms with Gasteiger partial charge in [-0.25, -0.2) is 9.59 Å². The topological polar surface area (TPSA) is 85.6 Å². The third kappa shape index (κ3) is 4.26. The fraction of sp³-hybridized carbons (Fsp3) is 0.421. The predicted octanol–water partition coefficient (Wildman–Crippen LogP) is 2.64. The number of carbonyl (C=O) groups is 2. The number of carbonyl (C=O) groups excluding carboxylic acids is 2. The summed E-state index contributed by atoms with van der Waals surface area (Å²) >= 11 is 0. The van der Waals surface area contributed by atoms with E-state index in [0.29, 0.717) is 16.9 Å². The molecule has 0 radical (unpaired) electrons. The largest absolute Gasteiger partial charge is 0.452 e. The van der Waals surface area contributed by atoms with Crippen molar-refractivity contribution in [3.05, 3.63) is 46.3 Å². The molecular weight excluding hydrogens is 322 g/mol. The molecule has 1 aromatic heterocycles. The van der Waals surface area contributed by atoms with Crippen molar-refractivity contribution in [1.82, 2.24) is 5.32 Å². The first-order chi connectivity index (χ1) is 12.0. The van der Waals surface area contributed by atoms with Gasteiger partial charge in [0.1, 0.15) is 11.1 Å². The van der Waals surface area contributed by atoms with E-state index in [9.17, 15) is 14.4 Å². The standard InChI is InChI=1S/C19H21NO5/c1-12-6-8-14(9-7-12)20-17(21)11-24-18(22)15-10-13-4-2-3-5-16(13)25-19(15)23/h2-5,10,12,14H,6-9,11H2,1H3,(H,20,21). The SMILES string of the molecule is CC1CCC(NC(=O)COC(=O)c2cc3ccccc3oc2=O)CC1. The summed E-state index contributed by atoms with van der Waals surface area (Å²) in [5, 5.41) is 3.49. The highest BCUT2D eigenvalue weighted by molar-refractivity contribution is 5.94. The van der Waals surface area contributed by atoms with Crippen LogP contribution in [0.25, 0.3) is 11.0 Å². The van der Waals surface area contributed by atoms with Gasteiger partial charge in [0.15, 0.2) is 6.61 Å². The Hall–Kier alpha value is -2.63. The molecule has 25 heavy (non-hydrogen) atoms. The third-order valence-corrected chi connectivity index (χ3v) is 4.58. The Labute approximate surface area is 145 Å². The van der Waals surface area contributed by atoms with Gasteiger partial charge in [0.05, 0.1) is 0 Å². The molecule has 1 aliphatic carbocycles. The number of nitrogens with one attached hydrogen (secondary N) is 1. The maximum atomic E-state index is 12.1. The zero-order valence-corrected chi connectivity index (χ0v) is 14.1. The minimum atomic E-state index is -0.855. The molecule has 0 atom stereocenters. The molecule has 1 aromatic carbocycles. The number of benzene rings is 1. The summed E-state index contributed by atoms with van der Waals surface area (Å²) < 4.78 is 10.1. The maximum Gasteiger partial charge on any atom is 0.351 e. The zero-order chi connectivity index (χ0) is 17.8. The van der Waals surface area contributed by atoms with E-state index >= 15 is 0 Å². The van der Waals surface area contributed by atoms with Crippen LogP contribution >= 0.6 is 0 Å². The average molecular weight is 343 g/mol. The van der Waals surface area contributed by atoms with Gasteiger partial charge in [0, 0.05) is 11.4 Å². The highest BCUT2D eigenvalue weighted by Gasteiger charge is 2.21. The van der Waals surface area contributed by atoms with E-state index < -0.39 is 18.2 Å². The van der Waals surface area contributed by atoms with Gasteiger partial charge in [-0.1, -0.05) is 25.1 Å². The first-order valence-corrected chi connectivity index (χ1v) is 8.52. The van der Waals surface area contributed by atoms with Crippen molar-refractivity contribution >= 4 is 22.8 Å². The van der Waals surface area contributed by atoms with Gasteiger partial charge in [-0.05, 0) is 43.7 Å². The number of ether oxygens (including phenoxy) is 1. The van der Waals surface area contributed by atoms with Crippen molar-refractivity contribution in [1.29, 1.82) is 0 Å². The molecule has 132 valence electrons. The van der Waals surface area contributed by atoms with E-state index in [4.69, 9.17) is 9.15 Å². The molecule has 0 bridgehead atoms. The molecule has 6 heteroatoms. The lowest BCUT2D eigenvalue weighted by atomic mass is 9.87. The van der Waals surface area contributed by atoms with Gasteiger partial charge in [-0.2, -0.15) is 0 Å². The lowest BCUT2D eigenvalue weighted by Gasteiger charge is -2.26. The van der Waals surface area contributed by atoms with Gasteiger partial charge < -0.3 is 14.5 Å². The van der Waals surface area contributed by atoms with Crippen molar-refractivity contribution in [2.45, 2.75) is 38.6 Å². The first kappa shape index (κ1) is 17.2. The summed E-state index contributed by atoms with van der Waals surface area (Å²) in [6, 6.07) is 8.43. The second-order valence-corrected chi connectivity index (χ2v) is 6.59. The summed E-state index contributed by atoms with van der Waals surface area (Å²) in [7, 11) is 0. The molecule has 0 aliphatic heterocycles. The summed E-state index contributed by atoms with van der Waals surface area (Å²) in [6.45, 7) is 1.80. The third-order valence-electron chi connectivity index (χ3n) is 4.58. The second kappa shape index (κ2) is 7.51. The van der Waals surface area contributed by atoms with Gasteiger partial charge in [0.2, 0.25) is 0 Å². The van der Waals surface area contributed by atoms with Crippen molar-refractivity contribution in [3.63, 3.8) is 0 Å². The Morgan fingerprint density at radius 2 is 1.92 bits per heavy atom. The van der Waals surface area contributed by atoms with Crippen molar-refractivity contribution in [3.8, 4) is 0 Å². The number of amides is 1. The second-order valence-electron chi connectivity index (χ2n) is 6.59. The summed E-state index contributed by atoms with van der Waals surface area (Å²) in [5.74, 6) is -0.511. The Kier molecular flexibility index (Phi) is 5.16. The van der Waals surface area contributed by atoms with Crippen LogP contribution < -0.4 is 10.9 Å². The fourth-order valence-electron chi connectivity index (χ4n) is 3.09. The monoisotopic (exact) mass is 343 g/mol. The van der Waals surface area contributed by atoms with Gasteiger partial charge >= 0.3 is 11.6 Å². The number of esters is 1. The predicted molar refractivity (Wildman–Crippen MR) is 92.3 cm³/mol. The lowest BCUT2D eigenvalue weighted by Crippen LogP contribution is -2.39. The summed E-state index contributed by atoms with van der Waals surface area (Å²) in [6.07, 6.45) is 4.05. The van der Waals surface area contributed by atoms with Crippen LogP contribution in [0, 0.1) is 5.92 Å². The van der Waals surface area contributed by atoms with E-state index in [0.717, 1.165) is 25.7 Å². The smallest absolute Gasteiger partial charge is 0.351 e. The van der Waals surface area contributed by atoms with Crippen molar-refractivity contribution in [2.75, 3.05) is 6.61 Å². The van der Waals surface area contributed by atoms with Crippen LogP contribution in [-0.4, -0.2) is 24.5 Å². The number of para-hydroxylation sites is 1. The zero-order valence-electron chi connectivity index (χ0n) is 14.1. The highest BCUT2D eigenvalue weighted by Crippen LogP contribution is 2.23. The van der Waals surface area contributed by atoms with Gasteiger partial charge in [-0.15, -0.1) is 0 Å². The van der Waals surface area contributed by atoms with E-state index in [1.54, 1.807) is 24.3 Å². The summed E-state index contributed by atoms with van der Waals surface area (Å²) in [4.78, 5) is 35.9. The molecule has 1 heterocycles. The minimum absolute atomic E-state index is 0.133. The molecule has 1 saturated carbocycles. The number of rotatable bonds is 4. The Morgan fingerprint density at radius 1 is 1.20 bits per heavy atom. The normalized spacial score (nSPS) is 20.2. The Morgan fingerprint density at radius 3 is 2.68 bits per heavy atom. The molecule has 0 unspecified atom stereocenters. The molecule has 0 saturated heterocycles. The van der Waals surface area contributed by atoms with Gasteiger partial charge in [-0.3, -0.25) is 4.79 Å². The average Bonchev–Trinajstić information content (AvgIpc) is 2.61. The molecule has 0 spiro atoms. The molecule has 1 aliphatic rings. The highest BCUT2D eigenvalue weighted by atomic mass is 16.5. The number of hydrogen-bond donors (Lipinski definition) is 1. The maximum absolute atomic E-state index is 12.1. The fourth-order valence-corrected chi connectivity index (χ4v) is 3.09. The summed E-state index contributed by atoms with van der Waals surface area (Å²) in [5.41, 5.74) is -0.586. The van der Waals surface area contributed by atoms with Crippen LogP contribution in [0.2, 0.25) is 0 Å². The minimum Gasteiger partial charge on any atom is -0.452 e. The van der Waals surface area contributed by atoms with E-state index in [-0.39, 0.29) is 17.5 Å². The molecule has 1 amide bonds. The molecule has 2 aromatic rings. The van der Waals surface area contributed by atoms with Crippen LogP contribution in [0.15, 0.2) is 39.5 Å². The molecular formula is C19H21NO5. The van der Waals surface area contributed by atoms with Crippen molar-refractivity contribution in [2.24, 2.45) is 5.92 Å². The molecule has 1 fully saturated rings. The van der Waals surface area contributed by atoms with E-state index in [1.807, 2.05) is 0 Å². The number of hydrogen-bond acceptors (Lipinski definition) is 5. The quantitative estimate of drug-likeness (QED) is 0.681. The van der Waals surface area contributed by atoms with Crippen LogP contribution in [-0.2, 0) is 9.53 Å². The van der Waals surface area contributed by atoms with Crippen LogP contribution in [0.4, 0.5) is 0 Å². The Bertz CT molecular complexity index is 833. The van der Waals surface area contributed by atoms with E-state index in [1.165, 1.54) is 6.07 Å². The van der Waals surface area contributed by atoms with Crippen LogP contribution in [0.1, 0.15) is 43.0 Å². The molecule has 6 nitrogen and oxygen atoms in total. The molecule has 3 rings (SSSR count). The van der Waals surface area contributed by atoms with Gasteiger partial charge in [0.25, 0.3) is 5.91 Å². The molecule has 1 N–H and O–H groups in total.